The van der Waals surface area contributed by atoms with E-state index in [1.165, 1.54) is 0 Å². The first-order valence-corrected chi connectivity index (χ1v) is 13.2. The number of hydrogen-bond donors (Lipinski definition) is 2. The molecular formula is C29H29FN4O5. The van der Waals surface area contributed by atoms with E-state index in [0.717, 1.165) is 5.56 Å². The Labute approximate surface area is 223 Å². The van der Waals surface area contributed by atoms with Crippen LogP contribution in [0.1, 0.15) is 64.6 Å². The quantitative estimate of drug-likeness (QED) is 0.393. The van der Waals surface area contributed by atoms with Crippen molar-refractivity contribution in [3.63, 3.8) is 0 Å². The molecule has 0 unspecified atom stereocenters. The first-order chi connectivity index (χ1) is 18.4. The number of nitrogens with one attached hydrogen (secondary N) is 1. The van der Waals surface area contributed by atoms with Gasteiger partial charge in [-0.15, -0.1) is 0 Å². The molecule has 3 aliphatic carbocycles. The molecule has 2 bridgehead atoms. The number of amides is 2. The van der Waals surface area contributed by atoms with Crippen LogP contribution in [-0.2, 0) is 0 Å². The number of alkyl halides is 1. The summed E-state index contributed by atoms with van der Waals surface area (Å²) in [4.78, 5) is 27.9. The number of carbonyl (C=O) groups excluding carboxylic acids is 2. The molecule has 4 heterocycles. The van der Waals surface area contributed by atoms with Crippen molar-refractivity contribution >= 4 is 28.3 Å². The largest absolute Gasteiger partial charge is 0.460 e. The van der Waals surface area contributed by atoms with E-state index in [1.807, 2.05) is 6.92 Å². The number of likely N-dealkylation sites (tertiary alicyclic amines) is 1. The second kappa shape index (κ2) is 7.81. The van der Waals surface area contributed by atoms with Gasteiger partial charge in [-0.3, -0.25) is 9.59 Å². The lowest BCUT2D eigenvalue weighted by Gasteiger charge is -2.65. The van der Waals surface area contributed by atoms with Crippen molar-refractivity contribution < 1.29 is 28.2 Å². The van der Waals surface area contributed by atoms with Crippen LogP contribution in [0, 0.1) is 13.8 Å². The van der Waals surface area contributed by atoms with Gasteiger partial charge >= 0.3 is 0 Å². The van der Waals surface area contributed by atoms with Gasteiger partial charge in [0, 0.05) is 61.6 Å². The first-order valence-electron chi connectivity index (χ1n) is 13.2. The number of aryl methyl sites for hydroxylation is 2. The third kappa shape index (κ3) is 3.72. The fraction of sp³-hybridized carbons (Fsp3) is 0.414. The minimum absolute atomic E-state index is 0.152. The molecular weight excluding hydrogens is 503 g/mol. The zero-order valence-electron chi connectivity index (χ0n) is 22.0. The Morgan fingerprint density at radius 2 is 1.97 bits per heavy atom. The monoisotopic (exact) mass is 532 g/mol. The molecule has 3 aromatic heterocycles. The number of β-amino-alcohol motifs (C(OH)–C–C–N with tert-alkyl or cyclic N) is 1. The molecule has 0 radical (unpaired) electrons. The second-order valence-corrected chi connectivity index (χ2v) is 11.8. The van der Waals surface area contributed by atoms with E-state index in [9.17, 15) is 19.1 Å². The molecule has 4 aliphatic rings. The maximum absolute atomic E-state index is 13.9. The summed E-state index contributed by atoms with van der Waals surface area (Å²) in [5.74, 6) is 1.09. The standard InChI is InChI=1S/C29H29FN4O5/c1-16-20(26(36)33-9-7-27(3,37)15-33)11-34-24(16)21(6-8-31-34)39-18-4-5-19-22(10-18)38-17(2)23(19)25(35)32-29-12-28(30,13-29)14-29/h4-6,8,10-11,37H,7,9,12-15H2,1-3H3,(H,32,35)/t27-,28?,29?/m1/s1. The van der Waals surface area contributed by atoms with Crippen molar-refractivity contribution in [2.75, 3.05) is 13.1 Å². The van der Waals surface area contributed by atoms with Gasteiger partial charge in [-0.2, -0.15) is 5.10 Å². The molecule has 8 rings (SSSR count). The Morgan fingerprint density at radius 3 is 2.67 bits per heavy atom. The van der Waals surface area contributed by atoms with E-state index in [2.05, 4.69) is 10.4 Å². The molecule has 39 heavy (non-hydrogen) atoms. The predicted octanol–water partition coefficient (Wildman–Crippen LogP) is 4.46. The van der Waals surface area contributed by atoms with Crippen molar-refractivity contribution in [1.82, 2.24) is 19.8 Å². The van der Waals surface area contributed by atoms with Gasteiger partial charge in [-0.25, -0.2) is 8.91 Å². The van der Waals surface area contributed by atoms with Crippen molar-refractivity contribution in [2.24, 2.45) is 0 Å². The van der Waals surface area contributed by atoms with Gasteiger partial charge in [-0.05, 0) is 44.9 Å². The normalized spacial score (nSPS) is 27.5. The Morgan fingerprint density at radius 1 is 1.21 bits per heavy atom. The number of furan rings is 1. The lowest BCUT2D eigenvalue weighted by atomic mass is 9.47. The van der Waals surface area contributed by atoms with E-state index in [0.29, 0.717) is 77.1 Å². The van der Waals surface area contributed by atoms with Crippen LogP contribution < -0.4 is 10.1 Å². The molecule has 1 atom stereocenters. The number of nitrogens with zero attached hydrogens (tertiary/aromatic N) is 3. The molecule has 10 heteroatoms. The topological polar surface area (TPSA) is 109 Å². The molecule has 9 nitrogen and oxygen atoms in total. The molecule has 4 aromatic rings. The summed E-state index contributed by atoms with van der Waals surface area (Å²) in [6.07, 6.45) is 4.96. The average Bonchev–Trinajstić information content (AvgIpc) is 3.48. The fourth-order valence-corrected chi connectivity index (χ4v) is 6.58. The van der Waals surface area contributed by atoms with Crippen LogP contribution >= 0.6 is 0 Å². The van der Waals surface area contributed by atoms with E-state index in [-0.39, 0.29) is 18.4 Å². The highest BCUT2D eigenvalue weighted by Crippen LogP contribution is 2.63. The Hall–Kier alpha value is -3.92. The first kappa shape index (κ1) is 24.1. The SMILES string of the molecule is Cc1oc2cc(Oc3ccnn4cc(C(=O)N5CC[C@@](C)(O)C5)c(C)c34)ccc2c1C(=O)NC12CC(F)(C1)C2. The molecule has 1 aliphatic heterocycles. The van der Waals surface area contributed by atoms with Gasteiger partial charge in [0.15, 0.2) is 5.75 Å². The van der Waals surface area contributed by atoms with E-state index in [1.54, 1.807) is 59.9 Å². The minimum atomic E-state index is -1.09. The average molecular weight is 533 g/mol. The minimum Gasteiger partial charge on any atom is -0.460 e. The third-order valence-electron chi connectivity index (χ3n) is 8.50. The van der Waals surface area contributed by atoms with Crippen LogP contribution in [0.4, 0.5) is 4.39 Å². The van der Waals surface area contributed by atoms with Crippen molar-refractivity contribution in [2.45, 2.75) is 63.3 Å². The summed E-state index contributed by atoms with van der Waals surface area (Å²) < 4.78 is 27.7. The van der Waals surface area contributed by atoms with Gasteiger partial charge in [0.1, 0.15) is 28.3 Å². The van der Waals surface area contributed by atoms with Crippen molar-refractivity contribution in [1.29, 1.82) is 0 Å². The van der Waals surface area contributed by atoms with Crippen LogP contribution in [-0.4, -0.2) is 61.3 Å². The highest BCUT2D eigenvalue weighted by Gasteiger charge is 2.70. The molecule has 2 amide bonds. The van der Waals surface area contributed by atoms with Gasteiger partial charge in [0.2, 0.25) is 0 Å². The summed E-state index contributed by atoms with van der Waals surface area (Å²) in [5.41, 5.74) is 0.459. The zero-order chi connectivity index (χ0) is 27.3. The maximum Gasteiger partial charge on any atom is 0.255 e. The predicted molar refractivity (Wildman–Crippen MR) is 140 cm³/mol. The molecule has 1 saturated heterocycles. The van der Waals surface area contributed by atoms with Gasteiger partial charge in [0.25, 0.3) is 11.8 Å². The van der Waals surface area contributed by atoms with Crippen LogP contribution in [0.25, 0.3) is 16.5 Å². The fourth-order valence-electron chi connectivity index (χ4n) is 6.58. The van der Waals surface area contributed by atoms with Gasteiger partial charge < -0.3 is 24.5 Å². The smallest absolute Gasteiger partial charge is 0.255 e. The maximum atomic E-state index is 13.9. The Kier molecular flexibility index (Phi) is 4.84. The van der Waals surface area contributed by atoms with Gasteiger partial charge in [0.05, 0.1) is 22.9 Å². The molecule has 2 N–H and O–H groups in total. The third-order valence-corrected chi connectivity index (χ3v) is 8.50. The van der Waals surface area contributed by atoms with E-state index < -0.39 is 16.8 Å². The van der Waals surface area contributed by atoms with Crippen molar-refractivity contribution in [3.05, 3.63) is 59.1 Å². The highest BCUT2D eigenvalue weighted by atomic mass is 19.1. The lowest BCUT2D eigenvalue weighted by Crippen LogP contribution is -2.76. The lowest BCUT2D eigenvalue weighted by molar-refractivity contribution is -0.162. The summed E-state index contributed by atoms with van der Waals surface area (Å²) in [7, 11) is 0. The summed E-state index contributed by atoms with van der Waals surface area (Å²) >= 11 is 0. The van der Waals surface area contributed by atoms with Crippen LogP contribution in [0.5, 0.6) is 11.5 Å². The number of aromatic nitrogens is 2. The number of carbonyl (C=O) groups is 2. The number of rotatable bonds is 5. The number of hydrogen-bond acceptors (Lipinski definition) is 6. The van der Waals surface area contributed by atoms with Gasteiger partial charge in [-0.1, -0.05) is 0 Å². The second-order valence-electron chi connectivity index (χ2n) is 11.8. The molecule has 3 saturated carbocycles. The van der Waals surface area contributed by atoms with Crippen LogP contribution in [0.3, 0.4) is 0 Å². The molecule has 1 aromatic carbocycles. The van der Waals surface area contributed by atoms with E-state index in [4.69, 9.17) is 9.15 Å². The summed E-state index contributed by atoms with van der Waals surface area (Å²) in [6.45, 7) is 6.11. The summed E-state index contributed by atoms with van der Waals surface area (Å²) in [5, 5.41) is 18.3. The Balaban J connectivity index is 1.16. The number of aliphatic hydroxyl groups is 1. The molecule has 202 valence electrons. The number of fused-ring (bicyclic) bond motifs is 2. The number of halogens is 1. The number of ether oxygens (including phenoxy) is 1. The van der Waals surface area contributed by atoms with Crippen molar-refractivity contribution in [3.8, 4) is 11.5 Å². The molecule has 0 spiro atoms. The highest BCUT2D eigenvalue weighted by molar-refractivity contribution is 6.08. The number of benzene rings is 1. The Bertz CT molecular complexity index is 1680. The van der Waals surface area contributed by atoms with Crippen LogP contribution in [0.2, 0.25) is 0 Å². The zero-order valence-corrected chi connectivity index (χ0v) is 22.0. The van der Waals surface area contributed by atoms with Crippen LogP contribution in [0.15, 0.2) is 41.1 Å². The summed E-state index contributed by atoms with van der Waals surface area (Å²) in [6, 6.07) is 7.00. The van der Waals surface area contributed by atoms with E-state index >= 15 is 0 Å². The molecule has 4 fully saturated rings.